The molecule has 0 amide bonds. The zero-order valence-corrected chi connectivity index (χ0v) is 12.2. The molecule has 0 fully saturated rings. The van der Waals surface area contributed by atoms with E-state index < -0.39 is 0 Å². The summed E-state index contributed by atoms with van der Waals surface area (Å²) in [5.41, 5.74) is 8.44. The third-order valence-electron chi connectivity index (χ3n) is 3.37. The van der Waals surface area contributed by atoms with Gasteiger partial charge in [0.15, 0.2) is 0 Å². The third kappa shape index (κ3) is 4.98. The zero-order chi connectivity index (χ0) is 14.9. The van der Waals surface area contributed by atoms with Crippen molar-refractivity contribution in [3.63, 3.8) is 0 Å². The van der Waals surface area contributed by atoms with Crippen molar-refractivity contribution in [2.45, 2.75) is 31.9 Å². The van der Waals surface area contributed by atoms with Crippen molar-refractivity contribution >= 4 is 0 Å². The number of hydrogen-bond acceptors (Lipinski definition) is 2. The molecule has 2 heteroatoms. The number of benzene rings is 2. The summed E-state index contributed by atoms with van der Waals surface area (Å²) < 4.78 is 5.82. The van der Waals surface area contributed by atoms with Crippen LogP contribution in [0.25, 0.3) is 0 Å². The van der Waals surface area contributed by atoms with E-state index in [1.54, 1.807) is 0 Å². The summed E-state index contributed by atoms with van der Waals surface area (Å²) in [7, 11) is 0. The Balaban J connectivity index is 1.93. The van der Waals surface area contributed by atoms with Crippen molar-refractivity contribution in [1.82, 2.24) is 0 Å². The first-order valence-electron chi connectivity index (χ1n) is 7.25. The molecule has 0 heterocycles. The molecule has 0 saturated heterocycles. The minimum Gasteiger partial charge on any atom is -0.489 e. The van der Waals surface area contributed by atoms with Crippen molar-refractivity contribution in [2.75, 3.05) is 0 Å². The largest absolute Gasteiger partial charge is 0.489 e. The van der Waals surface area contributed by atoms with Crippen LogP contribution in [0, 0.1) is 12.3 Å². The highest BCUT2D eigenvalue weighted by atomic mass is 16.5. The second kappa shape index (κ2) is 8.14. The Morgan fingerprint density at radius 2 is 1.90 bits per heavy atom. The van der Waals surface area contributed by atoms with E-state index in [2.05, 4.69) is 18.1 Å². The molecular weight excluding hydrogens is 258 g/mol. The lowest BCUT2D eigenvalue weighted by Crippen LogP contribution is -2.10. The van der Waals surface area contributed by atoms with Gasteiger partial charge in [-0.3, -0.25) is 0 Å². The molecule has 1 unspecified atom stereocenters. The molecule has 0 aromatic heterocycles. The minimum absolute atomic E-state index is 0.0126. The molecule has 0 saturated carbocycles. The Labute approximate surface area is 126 Å². The highest BCUT2D eigenvalue weighted by Crippen LogP contribution is 2.22. The fourth-order valence-electron chi connectivity index (χ4n) is 2.17. The van der Waals surface area contributed by atoms with Gasteiger partial charge in [0.05, 0.1) is 0 Å². The molecule has 0 aliphatic rings. The molecule has 2 nitrogen and oxygen atoms in total. The maximum Gasteiger partial charge on any atom is 0.120 e. The molecule has 0 aliphatic heterocycles. The second-order valence-electron chi connectivity index (χ2n) is 5.05. The molecule has 0 aliphatic carbocycles. The van der Waals surface area contributed by atoms with Crippen molar-refractivity contribution in [3.05, 3.63) is 65.7 Å². The van der Waals surface area contributed by atoms with Gasteiger partial charge in [0, 0.05) is 12.5 Å². The number of unbranched alkanes of at least 4 members (excludes halogenated alkanes) is 1. The SMILES string of the molecule is C#CCCCC(N)c1cccc(OCc2ccccc2)c1. The van der Waals surface area contributed by atoms with Gasteiger partial charge >= 0.3 is 0 Å². The van der Waals surface area contributed by atoms with E-state index in [0.29, 0.717) is 6.61 Å². The molecule has 2 aromatic rings. The van der Waals surface area contributed by atoms with Gasteiger partial charge in [0.25, 0.3) is 0 Å². The first-order valence-corrected chi connectivity index (χ1v) is 7.25. The van der Waals surface area contributed by atoms with Crippen molar-refractivity contribution < 1.29 is 4.74 Å². The molecular formula is C19H21NO. The highest BCUT2D eigenvalue weighted by molar-refractivity contribution is 5.30. The van der Waals surface area contributed by atoms with Gasteiger partial charge in [-0.1, -0.05) is 42.5 Å². The van der Waals surface area contributed by atoms with Gasteiger partial charge in [0.1, 0.15) is 12.4 Å². The molecule has 2 rings (SSSR count). The lowest BCUT2D eigenvalue weighted by molar-refractivity contribution is 0.305. The number of terminal acetylenes is 1. The van der Waals surface area contributed by atoms with Crippen molar-refractivity contribution in [2.24, 2.45) is 5.73 Å². The van der Waals surface area contributed by atoms with E-state index in [9.17, 15) is 0 Å². The number of nitrogens with two attached hydrogens (primary N) is 1. The fraction of sp³-hybridized carbons (Fsp3) is 0.263. The van der Waals surface area contributed by atoms with E-state index in [-0.39, 0.29) is 6.04 Å². The topological polar surface area (TPSA) is 35.2 Å². The maximum atomic E-state index is 6.19. The van der Waals surface area contributed by atoms with Crippen molar-refractivity contribution in [1.29, 1.82) is 0 Å². The summed E-state index contributed by atoms with van der Waals surface area (Å²) in [6, 6.07) is 18.1. The number of ether oxygens (including phenoxy) is 1. The molecule has 2 aromatic carbocycles. The van der Waals surface area contributed by atoms with Crippen LogP contribution in [0.15, 0.2) is 54.6 Å². The third-order valence-corrected chi connectivity index (χ3v) is 3.37. The molecule has 21 heavy (non-hydrogen) atoms. The van der Waals surface area contributed by atoms with Gasteiger partial charge in [-0.15, -0.1) is 12.3 Å². The molecule has 2 N–H and O–H groups in total. The quantitative estimate of drug-likeness (QED) is 0.612. The normalized spacial score (nSPS) is 11.6. The Bertz CT molecular complexity index is 586. The van der Waals surface area contributed by atoms with Crippen LogP contribution in [0.5, 0.6) is 5.75 Å². The fourth-order valence-corrected chi connectivity index (χ4v) is 2.17. The van der Waals surface area contributed by atoms with Crippen LogP contribution in [-0.2, 0) is 6.61 Å². The van der Waals surface area contributed by atoms with Gasteiger partial charge in [0.2, 0.25) is 0 Å². The zero-order valence-electron chi connectivity index (χ0n) is 12.2. The summed E-state index contributed by atoms with van der Waals surface area (Å²) in [5, 5.41) is 0. The molecule has 0 spiro atoms. The van der Waals surface area contributed by atoms with Crippen LogP contribution in [0.4, 0.5) is 0 Å². The Morgan fingerprint density at radius 1 is 1.10 bits per heavy atom. The summed E-state index contributed by atoms with van der Waals surface area (Å²) in [6.45, 7) is 0.566. The summed E-state index contributed by atoms with van der Waals surface area (Å²) >= 11 is 0. The second-order valence-corrected chi connectivity index (χ2v) is 5.05. The monoisotopic (exact) mass is 279 g/mol. The average Bonchev–Trinajstić information content (AvgIpc) is 2.54. The smallest absolute Gasteiger partial charge is 0.120 e. The van der Waals surface area contributed by atoms with Gasteiger partial charge in [-0.25, -0.2) is 0 Å². The van der Waals surface area contributed by atoms with Crippen LogP contribution in [0.3, 0.4) is 0 Å². The van der Waals surface area contributed by atoms with Crippen molar-refractivity contribution in [3.8, 4) is 18.1 Å². The van der Waals surface area contributed by atoms with Crippen LogP contribution in [0.2, 0.25) is 0 Å². The van der Waals surface area contributed by atoms with Gasteiger partial charge < -0.3 is 10.5 Å². The van der Waals surface area contributed by atoms with E-state index in [1.165, 1.54) is 0 Å². The van der Waals surface area contributed by atoms with Crippen LogP contribution >= 0.6 is 0 Å². The Morgan fingerprint density at radius 3 is 2.67 bits per heavy atom. The summed E-state index contributed by atoms with van der Waals surface area (Å²) in [5.74, 6) is 3.49. The predicted octanol–water partition coefficient (Wildman–Crippen LogP) is 4.07. The van der Waals surface area contributed by atoms with E-state index in [4.69, 9.17) is 16.9 Å². The first-order chi connectivity index (χ1) is 10.3. The van der Waals surface area contributed by atoms with E-state index >= 15 is 0 Å². The van der Waals surface area contributed by atoms with Crippen LogP contribution in [0.1, 0.15) is 36.4 Å². The summed E-state index contributed by atoms with van der Waals surface area (Å²) in [6.07, 6.45) is 7.88. The van der Waals surface area contributed by atoms with E-state index in [1.807, 2.05) is 42.5 Å². The molecule has 1 atom stereocenters. The lowest BCUT2D eigenvalue weighted by Gasteiger charge is -2.13. The number of hydrogen-bond donors (Lipinski definition) is 1. The average molecular weight is 279 g/mol. The molecule has 108 valence electrons. The lowest BCUT2D eigenvalue weighted by atomic mass is 10.0. The molecule has 0 radical (unpaired) electrons. The van der Waals surface area contributed by atoms with Gasteiger partial charge in [-0.2, -0.15) is 0 Å². The standard InChI is InChI=1S/C19H21NO/c1-2-3-5-13-19(20)17-11-8-12-18(14-17)21-15-16-9-6-4-7-10-16/h1,4,6-12,14,19H,3,5,13,15,20H2. The van der Waals surface area contributed by atoms with E-state index in [0.717, 1.165) is 36.1 Å². The van der Waals surface area contributed by atoms with Crippen LogP contribution < -0.4 is 10.5 Å². The van der Waals surface area contributed by atoms with Crippen LogP contribution in [-0.4, -0.2) is 0 Å². The molecule has 0 bridgehead atoms. The maximum absolute atomic E-state index is 6.19. The van der Waals surface area contributed by atoms with Gasteiger partial charge in [-0.05, 0) is 36.1 Å². The number of rotatable bonds is 7. The predicted molar refractivity (Wildman–Crippen MR) is 86.8 cm³/mol. The Kier molecular flexibility index (Phi) is 5.87. The Hall–Kier alpha value is -2.24. The highest BCUT2D eigenvalue weighted by Gasteiger charge is 2.06. The first kappa shape index (κ1) is 15.2. The summed E-state index contributed by atoms with van der Waals surface area (Å²) in [4.78, 5) is 0. The minimum atomic E-state index is 0.0126.